The largest absolute Gasteiger partial charge is 0.361 e. The second-order valence-corrected chi connectivity index (χ2v) is 4.71. The van der Waals surface area contributed by atoms with Gasteiger partial charge < -0.3 is 10.3 Å². The molecule has 84 valence electrons. The van der Waals surface area contributed by atoms with Gasteiger partial charge in [0.15, 0.2) is 0 Å². The monoisotopic (exact) mass is 214 g/mol. The summed E-state index contributed by atoms with van der Waals surface area (Å²) in [5.41, 5.74) is 2.76. The Labute approximate surface area is 96.1 Å². The number of fused-ring (bicyclic) bond motifs is 1. The number of hydrogen-bond donors (Lipinski definition) is 2. The molecule has 1 aliphatic rings. The zero-order valence-electron chi connectivity index (χ0n) is 9.50. The number of rotatable bonds is 2. The Hall–Kier alpha value is -1.28. The minimum atomic E-state index is 0.669. The lowest BCUT2D eigenvalue weighted by Crippen LogP contribution is -2.35. The zero-order valence-corrected chi connectivity index (χ0v) is 9.50. The summed E-state index contributed by atoms with van der Waals surface area (Å²) in [6, 6.07) is 9.39. The minimum absolute atomic E-state index is 0.669. The van der Waals surface area contributed by atoms with Gasteiger partial charge in [0.25, 0.3) is 0 Å². The molecule has 0 spiro atoms. The van der Waals surface area contributed by atoms with Gasteiger partial charge in [-0.05, 0) is 42.8 Å². The Kier molecular flexibility index (Phi) is 2.66. The third-order valence-corrected chi connectivity index (χ3v) is 3.55. The van der Waals surface area contributed by atoms with E-state index in [1.54, 1.807) is 0 Å². The number of aromatic amines is 1. The topological polar surface area (TPSA) is 27.8 Å². The van der Waals surface area contributed by atoms with Gasteiger partial charge in [-0.15, -0.1) is 0 Å². The SMILES string of the molecule is c1cc(CC2CCCCN2)c2[nH]ccc2c1. The molecule has 0 bridgehead atoms. The molecule has 1 fully saturated rings. The van der Waals surface area contributed by atoms with E-state index in [2.05, 4.69) is 34.6 Å². The average Bonchev–Trinajstić information content (AvgIpc) is 2.80. The molecule has 2 heterocycles. The van der Waals surface area contributed by atoms with Crippen molar-refractivity contribution in [2.24, 2.45) is 0 Å². The number of nitrogens with one attached hydrogen (secondary N) is 2. The maximum absolute atomic E-state index is 3.61. The van der Waals surface area contributed by atoms with E-state index in [0.717, 1.165) is 6.42 Å². The van der Waals surface area contributed by atoms with Crippen molar-refractivity contribution >= 4 is 10.9 Å². The van der Waals surface area contributed by atoms with Gasteiger partial charge >= 0.3 is 0 Å². The number of aromatic nitrogens is 1. The summed E-state index contributed by atoms with van der Waals surface area (Å²) in [7, 11) is 0. The van der Waals surface area contributed by atoms with Crippen molar-refractivity contribution < 1.29 is 0 Å². The number of para-hydroxylation sites is 1. The van der Waals surface area contributed by atoms with Crippen LogP contribution in [0.1, 0.15) is 24.8 Å². The van der Waals surface area contributed by atoms with Crippen LogP contribution in [0.5, 0.6) is 0 Å². The van der Waals surface area contributed by atoms with Crippen LogP contribution in [0.3, 0.4) is 0 Å². The molecule has 1 aromatic carbocycles. The van der Waals surface area contributed by atoms with Gasteiger partial charge in [-0.1, -0.05) is 24.6 Å². The third kappa shape index (κ3) is 1.85. The Bertz CT molecular complexity index is 466. The van der Waals surface area contributed by atoms with Crippen molar-refractivity contribution in [3.05, 3.63) is 36.0 Å². The maximum atomic E-state index is 3.61. The summed E-state index contributed by atoms with van der Waals surface area (Å²) in [6.45, 7) is 1.19. The minimum Gasteiger partial charge on any atom is -0.361 e. The van der Waals surface area contributed by atoms with E-state index in [0.29, 0.717) is 6.04 Å². The van der Waals surface area contributed by atoms with Crippen LogP contribution in [0.15, 0.2) is 30.5 Å². The molecule has 2 aromatic rings. The lowest BCUT2D eigenvalue weighted by Gasteiger charge is -2.23. The lowest BCUT2D eigenvalue weighted by molar-refractivity contribution is 0.400. The Morgan fingerprint density at radius 2 is 2.19 bits per heavy atom. The van der Waals surface area contributed by atoms with Crippen LogP contribution in [-0.4, -0.2) is 17.6 Å². The van der Waals surface area contributed by atoms with Crippen molar-refractivity contribution in [1.29, 1.82) is 0 Å². The second kappa shape index (κ2) is 4.30. The molecule has 2 N–H and O–H groups in total. The standard InChI is InChI=1S/C14H18N2/c1-2-8-15-13(6-1)10-12-5-3-4-11-7-9-16-14(11)12/h3-5,7,9,13,15-16H,1-2,6,8,10H2. The lowest BCUT2D eigenvalue weighted by atomic mass is 9.97. The van der Waals surface area contributed by atoms with Gasteiger partial charge in [0.05, 0.1) is 0 Å². The van der Waals surface area contributed by atoms with Crippen molar-refractivity contribution in [3.63, 3.8) is 0 Å². The Morgan fingerprint density at radius 3 is 3.06 bits per heavy atom. The summed E-state index contributed by atoms with van der Waals surface area (Å²) < 4.78 is 0. The highest BCUT2D eigenvalue weighted by Gasteiger charge is 2.14. The van der Waals surface area contributed by atoms with Gasteiger partial charge in [-0.2, -0.15) is 0 Å². The van der Waals surface area contributed by atoms with E-state index in [9.17, 15) is 0 Å². The molecule has 3 rings (SSSR count). The van der Waals surface area contributed by atoms with Crippen molar-refractivity contribution in [3.8, 4) is 0 Å². The van der Waals surface area contributed by atoms with Crippen LogP contribution in [0.25, 0.3) is 10.9 Å². The fraction of sp³-hybridized carbons (Fsp3) is 0.429. The smallest absolute Gasteiger partial charge is 0.0487 e. The number of hydrogen-bond acceptors (Lipinski definition) is 1. The molecule has 1 aromatic heterocycles. The fourth-order valence-corrected chi connectivity index (χ4v) is 2.68. The molecular formula is C14H18N2. The van der Waals surface area contributed by atoms with Crippen LogP contribution in [0, 0.1) is 0 Å². The Balaban J connectivity index is 1.85. The van der Waals surface area contributed by atoms with E-state index in [4.69, 9.17) is 0 Å². The predicted octanol–water partition coefficient (Wildman–Crippen LogP) is 2.85. The summed E-state index contributed by atoms with van der Waals surface area (Å²) in [6.07, 6.45) is 7.21. The predicted molar refractivity (Wildman–Crippen MR) is 67.6 cm³/mol. The quantitative estimate of drug-likeness (QED) is 0.790. The molecule has 0 aliphatic carbocycles. The normalized spacial score (nSPS) is 21.4. The zero-order chi connectivity index (χ0) is 10.8. The van der Waals surface area contributed by atoms with Crippen LogP contribution < -0.4 is 5.32 Å². The Morgan fingerprint density at radius 1 is 1.19 bits per heavy atom. The van der Waals surface area contributed by atoms with Gasteiger partial charge in [-0.25, -0.2) is 0 Å². The molecule has 1 unspecified atom stereocenters. The number of benzene rings is 1. The molecule has 1 atom stereocenters. The molecule has 16 heavy (non-hydrogen) atoms. The molecule has 0 amide bonds. The van der Waals surface area contributed by atoms with E-state index in [1.165, 1.54) is 42.3 Å². The highest BCUT2D eigenvalue weighted by Crippen LogP contribution is 2.20. The average molecular weight is 214 g/mol. The van der Waals surface area contributed by atoms with Gasteiger partial charge in [0.1, 0.15) is 0 Å². The van der Waals surface area contributed by atoms with Gasteiger partial charge in [0, 0.05) is 17.8 Å². The highest BCUT2D eigenvalue weighted by molar-refractivity contribution is 5.82. The van der Waals surface area contributed by atoms with Gasteiger partial charge in [0.2, 0.25) is 0 Å². The van der Waals surface area contributed by atoms with E-state index < -0.39 is 0 Å². The highest BCUT2D eigenvalue weighted by atomic mass is 14.9. The maximum Gasteiger partial charge on any atom is 0.0487 e. The third-order valence-electron chi connectivity index (χ3n) is 3.55. The summed E-state index contributed by atoms with van der Waals surface area (Å²) in [5.74, 6) is 0. The first-order valence-corrected chi connectivity index (χ1v) is 6.22. The molecule has 0 radical (unpaired) electrons. The first kappa shape index (κ1) is 9.91. The molecule has 2 heteroatoms. The summed E-state index contributed by atoms with van der Waals surface area (Å²) in [5, 5.41) is 4.94. The first-order chi connectivity index (χ1) is 7.93. The van der Waals surface area contributed by atoms with Crippen LogP contribution in [-0.2, 0) is 6.42 Å². The van der Waals surface area contributed by atoms with Crippen LogP contribution in [0.4, 0.5) is 0 Å². The molecule has 1 saturated heterocycles. The van der Waals surface area contributed by atoms with Crippen molar-refractivity contribution in [2.45, 2.75) is 31.7 Å². The summed E-state index contributed by atoms with van der Waals surface area (Å²) in [4.78, 5) is 3.35. The number of H-pyrrole nitrogens is 1. The van der Waals surface area contributed by atoms with E-state index >= 15 is 0 Å². The van der Waals surface area contributed by atoms with E-state index in [1.807, 2.05) is 6.20 Å². The van der Waals surface area contributed by atoms with Crippen molar-refractivity contribution in [1.82, 2.24) is 10.3 Å². The first-order valence-electron chi connectivity index (χ1n) is 6.22. The fourth-order valence-electron chi connectivity index (χ4n) is 2.68. The molecule has 0 saturated carbocycles. The van der Waals surface area contributed by atoms with Crippen LogP contribution in [0.2, 0.25) is 0 Å². The van der Waals surface area contributed by atoms with E-state index in [-0.39, 0.29) is 0 Å². The molecule has 1 aliphatic heterocycles. The second-order valence-electron chi connectivity index (χ2n) is 4.71. The van der Waals surface area contributed by atoms with Gasteiger partial charge in [-0.3, -0.25) is 0 Å². The molecule has 2 nitrogen and oxygen atoms in total. The summed E-state index contributed by atoms with van der Waals surface area (Å²) >= 11 is 0. The van der Waals surface area contributed by atoms with Crippen LogP contribution >= 0.6 is 0 Å². The number of piperidine rings is 1. The molecular weight excluding hydrogens is 196 g/mol. The van der Waals surface area contributed by atoms with Crippen molar-refractivity contribution in [2.75, 3.05) is 6.54 Å².